The van der Waals surface area contributed by atoms with Crippen molar-refractivity contribution in [3.05, 3.63) is 41.0 Å². The molecule has 0 aromatic carbocycles. The van der Waals surface area contributed by atoms with Crippen molar-refractivity contribution in [2.24, 2.45) is 0 Å². The predicted octanol–water partition coefficient (Wildman–Crippen LogP) is 2.81. The summed E-state index contributed by atoms with van der Waals surface area (Å²) in [7, 11) is 0. The molecule has 0 radical (unpaired) electrons. The molecule has 7 heteroatoms. The maximum Gasteiger partial charge on any atom is 0.266 e. The number of hydrogen-bond donors (Lipinski definition) is 2. The van der Waals surface area contributed by atoms with Gasteiger partial charge in [0.15, 0.2) is 0 Å². The number of H-pyrrole nitrogens is 1. The largest absolute Gasteiger partial charge is 0.364 e. The molecule has 0 bridgehead atoms. The van der Waals surface area contributed by atoms with Crippen LogP contribution in [0.5, 0.6) is 0 Å². The fraction of sp³-hybridized carbons (Fsp3) is 0.111. The molecule has 2 heterocycles. The van der Waals surface area contributed by atoms with Crippen LogP contribution < -0.4 is 10.9 Å². The van der Waals surface area contributed by atoms with E-state index >= 15 is 0 Å². The van der Waals surface area contributed by atoms with Crippen molar-refractivity contribution in [2.45, 2.75) is 6.54 Å². The Kier molecular flexibility index (Phi) is 3.98. The molecule has 0 aliphatic heterocycles. The van der Waals surface area contributed by atoms with Crippen LogP contribution in [-0.4, -0.2) is 9.97 Å². The Morgan fingerprint density at radius 3 is 3.12 bits per heavy atom. The van der Waals surface area contributed by atoms with Crippen LogP contribution in [-0.2, 0) is 6.54 Å². The molecule has 0 atom stereocenters. The van der Waals surface area contributed by atoms with Crippen molar-refractivity contribution in [1.82, 2.24) is 9.97 Å². The van der Waals surface area contributed by atoms with Gasteiger partial charge in [-0.3, -0.25) is 4.79 Å². The number of anilines is 1. The predicted molar refractivity (Wildman–Crippen MR) is 76.9 cm³/mol. The first-order chi connectivity index (χ1) is 7.66. The van der Waals surface area contributed by atoms with Crippen molar-refractivity contribution >= 4 is 55.7 Å². The standard InChI is InChI=1S/C9H7BrIN3OS/c10-5-1-6(16-3-5)2-12-8-7(11)9(15)14-4-13-8/h1,3-4H,2H2,(H2,12,13,14,15). The molecule has 2 aromatic rings. The Balaban J connectivity index is 2.10. The second-order valence-corrected chi connectivity index (χ2v) is 5.97. The molecule has 2 aromatic heterocycles. The molecule has 0 fully saturated rings. The number of nitrogens with zero attached hydrogens (tertiary/aromatic N) is 1. The van der Waals surface area contributed by atoms with E-state index in [9.17, 15) is 4.79 Å². The molecule has 2 N–H and O–H groups in total. The van der Waals surface area contributed by atoms with Crippen LogP contribution in [0.15, 0.2) is 27.0 Å². The highest BCUT2D eigenvalue weighted by molar-refractivity contribution is 14.1. The fourth-order valence-electron chi connectivity index (χ4n) is 1.12. The van der Waals surface area contributed by atoms with Gasteiger partial charge in [-0.05, 0) is 44.6 Å². The molecular formula is C9H7BrIN3OS. The molecule has 2 rings (SSSR count). The Bertz CT molecular complexity index is 554. The molecule has 0 amide bonds. The lowest BCUT2D eigenvalue weighted by Crippen LogP contribution is -2.14. The third-order valence-electron chi connectivity index (χ3n) is 1.85. The molecule has 0 spiro atoms. The SMILES string of the molecule is O=c1[nH]cnc(NCc2cc(Br)cs2)c1I. The van der Waals surface area contributed by atoms with E-state index in [4.69, 9.17) is 0 Å². The smallest absolute Gasteiger partial charge is 0.266 e. The molecule has 0 unspecified atom stereocenters. The van der Waals surface area contributed by atoms with Gasteiger partial charge in [0.25, 0.3) is 5.56 Å². The van der Waals surface area contributed by atoms with Gasteiger partial charge in [0, 0.05) is 14.7 Å². The average Bonchev–Trinajstić information content (AvgIpc) is 2.67. The Morgan fingerprint density at radius 1 is 1.62 bits per heavy atom. The third kappa shape index (κ3) is 2.83. The van der Waals surface area contributed by atoms with Crippen molar-refractivity contribution in [3.63, 3.8) is 0 Å². The molecule has 16 heavy (non-hydrogen) atoms. The zero-order valence-electron chi connectivity index (χ0n) is 7.96. The van der Waals surface area contributed by atoms with Gasteiger partial charge in [-0.1, -0.05) is 0 Å². The molecular weight excluding hydrogens is 405 g/mol. The lowest BCUT2D eigenvalue weighted by molar-refractivity contribution is 1.06. The van der Waals surface area contributed by atoms with E-state index in [0.717, 1.165) is 4.47 Å². The summed E-state index contributed by atoms with van der Waals surface area (Å²) in [6, 6.07) is 2.04. The summed E-state index contributed by atoms with van der Waals surface area (Å²) in [6.07, 6.45) is 1.40. The van der Waals surface area contributed by atoms with Crippen molar-refractivity contribution < 1.29 is 0 Å². The first-order valence-corrected chi connectivity index (χ1v) is 7.12. The van der Waals surface area contributed by atoms with E-state index in [1.54, 1.807) is 11.3 Å². The number of aromatic nitrogens is 2. The third-order valence-corrected chi connectivity index (χ3v) is 4.55. The van der Waals surface area contributed by atoms with Crippen molar-refractivity contribution in [3.8, 4) is 0 Å². The second kappa shape index (κ2) is 5.28. The van der Waals surface area contributed by atoms with Crippen LogP contribution in [0.2, 0.25) is 0 Å². The number of hydrogen-bond acceptors (Lipinski definition) is 4. The zero-order chi connectivity index (χ0) is 11.5. The van der Waals surface area contributed by atoms with Gasteiger partial charge in [0.1, 0.15) is 9.39 Å². The summed E-state index contributed by atoms with van der Waals surface area (Å²) in [5.74, 6) is 0.619. The Morgan fingerprint density at radius 2 is 2.44 bits per heavy atom. The number of thiophene rings is 1. The summed E-state index contributed by atoms with van der Waals surface area (Å²) >= 11 is 7.03. The maximum atomic E-state index is 11.3. The van der Waals surface area contributed by atoms with Gasteiger partial charge in [-0.25, -0.2) is 4.98 Å². The summed E-state index contributed by atoms with van der Waals surface area (Å²) in [6.45, 7) is 0.669. The number of nitrogens with one attached hydrogen (secondary N) is 2. The second-order valence-electron chi connectivity index (χ2n) is 2.98. The minimum atomic E-state index is -0.120. The summed E-state index contributed by atoms with van der Waals surface area (Å²) in [5.41, 5.74) is -0.120. The molecule has 0 aliphatic rings. The Labute approximate surface area is 118 Å². The first-order valence-electron chi connectivity index (χ1n) is 4.37. The van der Waals surface area contributed by atoms with E-state index in [1.165, 1.54) is 11.2 Å². The topological polar surface area (TPSA) is 57.8 Å². The van der Waals surface area contributed by atoms with Crippen molar-refractivity contribution in [2.75, 3.05) is 5.32 Å². The first kappa shape index (κ1) is 12.1. The minimum absolute atomic E-state index is 0.120. The van der Waals surface area contributed by atoms with Crippen LogP contribution in [0, 0.1) is 3.57 Å². The molecule has 0 saturated heterocycles. The normalized spacial score (nSPS) is 10.4. The number of rotatable bonds is 3. The van der Waals surface area contributed by atoms with Crippen LogP contribution in [0.1, 0.15) is 4.88 Å². The maximum absolute atomic E-state index is 11.3. The molecule has 4 nitrogen and oxygen atoms in total. The van der Waals surface area contributed by atoms with Crippen LogP contribution >= 0.6 is 49.9 Å². The highest BCUT2D eigenvalue weighted by Gasteiger charge is 2.05. The number of aromatic amines is 1. The monoisotopic (exact) mass is 411 g/mol. The Hall–Kier alpha value is -0.410. The van der Waals surface area contributed by atoms with E-state index < -0.39 is 0 Å². The van der Waals surface area contributed by atoms with E-state index in [0.29, 0.717) is 15.9 Å². The van der Waals surface area contributed by atoms with Crippen LogP contribution in [0.3, 0.4) is 0 Å². The quantitative estimate of drug-likeness (QED) is 0.763. The van der Waals surface area contributed by atoms with E-state index in [1.807, 2.05) is 34.0 Å². The van der Waals surface area contributed by atoms with E-state index in [2.05, 4.69) is 31.2 Å². The molecule has 84 valence electrons. The van der Waals surface area contributed by atoms with Gasteiger partial charge in [0.2, 0.25) is 0 Å². The number of halogens is 2. The lowest BCUT2D eigenvalue weighted by atomic mass is 10.4. The molecule has 0 aliphatic carbocycles. The van der Waals surface area contributed by atoms with E-state index in [-0.39, 0.29) is 5.56 Å². The van der Waals surface area contributed by atoms with Crippen molar-refractivity contribution in [1.29, 1.82) is 0 Å². The van der Waals surface area contributed by atoms with Gasteiger partial charge in [-0.15, -0.1) is 11.3 Å². The highest BCUT2D eigenvalue weighted by atomic mass is 127. The van der Waals surface area contributed by atoms with Crippen LogP contribution in [0.25, 0.3) is 0 Å². The van der Waals surface area contributed by atoms with Gasteiger partial charge in [-0.2, -0.15) is 0 Å². The highest BCUT2D eigenvalue weighted by Crippen LogP contribution is 2.20. The summed E-state index contributed by atoms with van der Waals surface area (Å²) < 4.78 is 1.65. The van der Waals surface area contributed by atoms with Gasteiger partial charge in [0.05, 0.1) is 12.9 Å². The average molecular weight is 412 g/mol. The molecule has 0 saturated carbocycles. The fourth-order valence-corrected chi connectivity index (χ4v) is 3.00. The van der Waals surface area contributed by atoms with Gasteiger partial charge >= 0.3 is 0 Å². The summed E-state index contributed by atoms with van der Waals surface area (Å²) in [5, 5.41) is 5.16. The zero-order valence-corrected chi connectivity index (χ0v) is 12.5. The lowest BCUT2D eigenvalue weighted by Gasteiger charge is -2.04. The van der Waals surface area contributed by atoms with Crippen LogP contribution in [0.4, 0.5) is 5.82 Å². The summed E-state index contributed by atoms with van der Waals surface area (Å²) in [4.78, 5) is 19.1. The van der Waals surface area contributed by atoms with Gasteiger partial charge < -0.3 is 10.3 Å². The minimum Gasteiger partial charge on any atom is -0.364 e.